The van der Waals surface area contributed by atoms with Crippen LogP contribution in [0.25, 0.3) is 11.4 Å². The summed E-state index contributed by atoms with van der Waals surface area (Å²) < 4.78 is 16.2. The number of carbonyl (C=O) groups excluding carboxylic acids is 1. The van der Waals surface area contributed by atoms with E-state index in [0.29, 0.717) is 16.6 Å². The third-order valence-corrected chi connectivity index (χ3v) is 5.12. The molecule has 4 aromatic rings. The molecular weight excluding hydrogens is 493 g/mol. The number of halogens is 3. The maximum Gasteiger partial charge on any atom is 0.274 e. The molecule has 0 spiro atoms. The van der Waals surface area contributed by atoms with Crippen molar-refractivity contribution in [3.8, 4) is 22.9 Å². The van der Waals surface area contributed by atoms with Gasteiger partial charge in [-0.1, -0.05) is 40.0 Å². The Bertz CT molecular complexity index is 1280. The van der Waals surface area contributed by atoms with Crippen molar-refractivity contribution in [3.63, 3.8) is 0 Å². The molecule has 0 bridgehead atoms. The highest BCUT2D eigenvalue weighted by Gasteiger charge is 2.17. The number of amides is 1. The first-order valence-electron chi connectivity index (χ1n) is 9.30. The lowest BCUT2D eigenvalue weighted by molar-refractivity contribution is 0.102. The van der Waals surface area contributed by atoms with Gasteiger partial charge in [-0.05, 0) is 24.3 Å². The van der Waals surface area contributed by atoms with E-state index in [1.54, 1.807) is 24.3 Å². The summed E-state index contributed by atoms with van der Waals surface area (Å²) in [6.45, 7) is -0.0654. The Hall–Kier alpha value is -3.40. The first-order valence-corrected chi connectivity index (χ1v) is 10.4. The minimum Gasteiger partial charge on any atom is -0.491 e. The van der Waals surface area contributed by atoms with Crippen molar-refractivity contribution in [2.45, 2.75) is 6.61 Å². The number of hydrogen-bond donors (Lipinski definition) is 1. The van der Waals surface area contributed by atoms with Crippen LogP contribution in [0.4, 0.5) is 5.69 Å². The SMILES string of the molecule is COc1cnc(C(=O)Nc2c(Cl)cncc2Cl)cc1OCc1nc(-c2ccc(Cl)cc2)no1. The Labute approximate surface area is 202 Å². The van der Waals surface area contributed by atoms with E-state index in [4.69, 9.17) is 48.8 Å². The zero-order valence-corrected chi connectivity index (χ0v) is 19.1. The number of ether oxygens (including phenoxy) is 2. The highest BCUT2D eigenvalue weighted by atomic mass is 35.5. The number of pyridine rings is 2. The predicted octanol–water partition coefficient (Wildman–Crippen LogP) is 5.33. The number of aromatic nitrogens is 4. The van der Waals surface area contributed by atoms with Gasteiger partial charge < -0.3 is 19.3 Å². The van der Waals surface area contributed by atoms with Crippen molar-refractivity contribution < 1.29 is 18.8 Å². The number of nitrogens with zero attached hydrogens (tertiary/aromatic N) is 4. The molecule has 4 rings (SSSR count). The maximum absolute atomic E-state index is 12.7. The number of methoxy groups -OCH3 is 1. The zero-order chi connectivity index (χ0) is 23.4. The van der Waals surface area contributed by atoms with Gasteiger partial charge in [0, 0.05) is 29.0 Å². The van der Waals surface area contributed by atoms with E-state index in [-0.39, 0.29) is 39.7 Å². The first kappa shape index (κ1) is 22.8. The van der Waals surface area contributed by atoms with E-state index >= 15 is 0 Å². The fraction of sp³-hybridized carbons (Fsp3) is 0.0952. The zero-order valence-electron chi connectivity index (χ0n) is 16.9. The van der Waals surface area contributed by atoms with Gasteiger partial charge in [0.05, 0.1) is 29.0 Å². The molecule has 0 unspecified atom stereocenters. The quantitative estimate of drug-likeness (QED) is 0.358. The molecule has 0 saturated heterocycles. The first-order chi connectivity index (χ1) is 15.9. The maximum atomic E-state index is 12.7. The van der Waals surface area contributed by atoms with Gasteiger partial charge in [0.15, 0.2) is 18.1 Å². The van der Waals surface area contributed by atoms with E-state index in [1.807, 2.05) is 0 Å². The normalized spacial score (nSPS) is 10.7. The second kappa shape index (κ2) is 10.0. The van der Waals surface area contributed by atoms with Crippen molar-refractivity contribution in [1.82, 2.24) is 20.1 Å². The third-order valence-electron chi connectivity index (χ3n) is 4.30. The molecule has 12 heteroatoms. The van der Waals surface area contributed by atoms with Crippen LogP contribution in [-0.2, 0) is 6.61 Å². The molecule has 0 aliphatic rings. The number of hydrogen-bond acceptors (Lipinski definition) is 8. The van der Waals surface area contributed by atoms with E-state index in [9.17, 15) is 4.79 Å². The molecule has 0 radical (unpaired) electrons. The molecule has 1 aromatic carbocycles. The molecule has 0 saturated carbocycles. The van der Waals surface area contributed by atoms with Crippen molar-refractivity contribution in [2.24, 2.45) is 0 Å². The summed E-state index contributed by atoms with van der Waals surface area (Å²) in [4.78, 5) is 24.9. The number of nitrogens with one attached hydrogen (secondary N) is 1. The lowest BCUT2D eigenvalue weighted by Gasteiger charge is -2.11. The minimum absolute atomic E-state index is 0.0436. The molecule has 1 amide bonds. The molecule has 168 valence electrons. The lowest BCUT2D eigenvalue weighted by Crippen LogP contribution is -2.15. The van der Waals surface area contributed by atoms with Gasteiger partial charge in [0.2, 0.25) is 5.82 Å². The Morgan fingerprint density at radius 1 is 1.06 bits per heavy atom. The second-order valence-electron chi connectivity index (χ2n) is 6.46. The molecule has 1 N–H and O–H groups in total. The molecule has 0 atom stereocenters. The van der Waals surface area contributed by atoms with Crippen molar-refractivity contribution in [1.29, 1.82) is 0 Å². The highest BCUT2D eigenvalue weighted by molar-refractivity contribution is 6.39. The second-order valence-corrected chi connectivity index (χ2v) is 7.71. The topological polar surface area (TPSA) is 112 Å². The number of benzene rings is 1. The van der Waals surface area contributed by atoms with E-state index in [0.717, 1.165) is 5.56 Å². The summed E-state index contributed by atoms with van der Waals surface area (Å²) in [6, 6.07) is 8.41. The molecule has 0 aliphatic heterocycles. The summed E-state index contributed by atoms with van der Waals surface area (Å²) in [6.07, 6.45) is 4.08. The molecule has 3 heterocycles. The van der Waals surface area contributed by atoms with Gasteiger partial charge in [-0.2, -0.15) is 4.98 Å². The smallest absolute Gasteiger partial charge is 0.274 e. The van der Waals surface area contributed by atoms with Gasteiger partial charge in [0.25, 0.3) is 11.8 Å². The Morgan fingerprint density at radius 2 is 1.79 bits per heavy atom. The number of anilines is 1. The molecule has 33 heavy (non-hydrogen) atoms. The number of rotatable bonds is 7. The van der Waals surface area contributed by atoms with Crippen molar-refractivity contribution >= 4 is 46.4 Å². The van der Waals surface area contributed by atoms with Crippen LogP contribution in [0.3, 0.4) is 0 Å². The largest absolute Gasteiger partial charge is 0.491 e. The van der Waals surface area contributed by atoms with Crippen LogP contribution in [0, 0.1) is 0 Å². The Balaban J connectivity index is 1.49. The minimum atomic E-state index is -0.555. The van der Waals surface area contributed by atoms with Crippen LogP contribution in [-0.4, -0.2) is 33.1 Å². The van der Waals surface area contributed by atoms with Gasteiger partial charge in [0.1, 0.15) is 5.69 Å². The molecule has 3 aromatic heterocycles. The average molecular weight is 507 g/mol. The van der Waals surface area contributed by atoms with Crippen LogP contribution in [0.5, 0.6) is 11.5 Å². The molecule has 0 fully saturated rings. The van der Waals surface area contributed by atoms with Crippen LogP contribution >= 0.6 is 34.8 Å². The van der Waals surface area contributed by atoms with Crippen LogP contribution in [0.2, 0.25) is 15.1 Å². The van der Waals surface area contributed by atoms with Gasteiger partial charge in [-0.3, -0.25) is 9.78 Å². The summed E-state index contributed by atoms with van der Waals surface area (Å²) in [5, 5.41) is 7.52. The molecule has 0 aliphatic carbocycles. The van der Waals surface area contributed by atoms with Gasteiger partial charge >= 0.3 is 0 Å². The van der Waals surface area contributed by atoms with Crippen molar-refractivity contribution in [2.75, 3.05) is 12.4 Å². The summed E-state index contributed by atoms with van der Waals surface area (Å²) >= 11 is 18.0. The van der Waals surface area contributed by atoms with Crippen LogP contribution in [0.1, 0.15) is 16.4 Å². The fourth-order valence-corrected chi connectivity index (χ4v) is 3.28. The summed E-state index contributed by atoms with van der Waals surface area (Å²) in [5.74, 6) is 0.610. The van der Waals surface area contributed by atoms with E-state index in [1.165, 1.54) is 31.8 Å². The monoisotopic (exact) mass is 505 g/mol. The standard InChI is InChI=1S/C21H14Cl3N5O4/c1-31-17-9-26-15(21(30)28-19-13(23)7-25-8-14(19)24)6-16(17)32-10-18-27-20(29-33-18)11-2-4-12(22)5-3-11/h2-9H,10H2,1H3,(H,25,28,30). The van der Waals surface area contributed by atoms with Crippen LogP contribution < -0.4 is 14.8 Å². The Kier molecular flexibility index (Phi) is 6.93. The molecular formula is C21H14Cl3N5O4. The fourth-order valence-electron chi connectivity index (χ4n) is 2.69. The number of carbonyl (C=O) groups is 1. The summed E-state index contributed by atoms with van der Waals surface area (Å²) in [7, 11) is 1.45. The Morgan fingerprint density at radius 3 is 2.48 bits per heavy atom. The van der Waals surface area contributed by atoms with Gasteiger partial charge in [-0.15, -0.1) is 0 Å². The predicted molar refractivity (Wildman–Crippen MR) is 122 cm³/mol. The third kappa shape index (κ3) is 5.33. The lowest BCUT2D eigenvalue weighted by atomic mass is 10.2. The van der Waals surface area contributed by atoms with E-state index in [2.05, 4.69) is 25.4 Å². The average Bonchev–Trinajstić information content (AvgIpc) is 3.29. The van der Waals surface area contributed by atoms with Gasteiger partial charge in [-0.25, -0.2) is 4.98 Å². The van der Waals surface area contributed by atoms with E-state index < -0.39 is 5.91 Å². The van der Waals surface area contributed by atoms with Crippen molar-refractivity contribution in [3.05, 3.63) is 75.6 Å². The highest BCUT2D eigenvalue weighted by Crippen LogP contribution is 2.31. The van der Waals surface area contributed by atoms with Crippen LogP contribution in [0.15, 0.2) is 53.4 Å². The molecule has 9 nitrogen and oxygen atoms in total. The summed E-state index contributed by atoms with van der Waals surface area (Å²) in [5.41, 5.74) is 1.00.